The number of nitrogens with zero attached hydrogens (tertiary/aromatic N) is 9. The third kappa shape index (κ3) is 9.33. The van der Waals surface area contributed by atoms with E-state index in [4.69, 9.17) is 4.55 Å². The first kappa shape index (κ1) is 41.5. The van der Waals surface area contributed by atoms with Crippen molar-refractivity contribution in [3.05, 3.63) is 97.1 Å². The second-order valence-electron chi connectivity index (χ2n) is 12.4. The minimum absolute atomic E-state index is 0.0135. The van der Waals surface area contributed by atoms with Crippen molar-refractivity contribution in [2.75, 3.05) is 5.32 Å². The standard InChI is InChI=1S/C35H24N10O13S3/c46-31-25-11-7-22(36-33-37-34(48)39-35(49)38-33)13-17(25)15-27(60(53,54)55)30(31)45-43-23-8-12-26-18(14-23)16-28(61(56,57)58)29(32(26)47)44-42-20-3-1-19(2-4-20)40-41-21-5-9-24(10-6-21)59(50,51)52/h1-16,46-47H,(H,50,51,52)(H,53,54,55)(H,56,57,58)(H3,36,37,38,39,48,49). The zero-order valence-electron chi connectivity index (χ0n) is 30.1. The highest BCUT2D eigenvalue weighted by molar-refractivity contribution is 7.86. The van der Waals surface area contributed by atoms with Crippen molar-refractivity contribution in [2.45, 2.75) is 14.7 Å². The average molecular weight is 889 g/mol. The number of benzene rings is 6. The Kier molecular flexibility index (Phi) is 10.8. The Morgan fingerprint density at radius 1 is 0.443 bits per heavy atom. The molecule has 61 heavy (non-hydrogen) atoms. The summed E-state index contributed by atoms with van der Waals surface area (Å²) in [7, 11) is -14.5. The van der Waals surface area contributed by atoms with E-state index in [0.29, 0.717) is 5.69 Å². The van der Waals surface area contributed by atoms with Crippen LogP contribution in [0.4, 0.5) is 45.8 Å². The van der Waals surface area contributed by atoms with Crippen molar-refractivity contribution in [3.8, 4) is 23.5 Å². The van der Waals surface area contributed by atoms with E-state index in [1.54, 1.807) is 0 Å². The summed E-state index contributed by atoms with van der Waals surface area (Å²) in [5.41, 5.74) is -0.402. The maximum Gasteiger partial charge on any atom is 0.321 e. The molecule has 310 valence electrons. The second kappa shape index (κ2) is 15.9. The monoisotopic (exact) mass is 888 g/mol. The predicted molar refractivity (Wildman–Crippen MR) is 213 cm³/mol. The molecule has 0 aliphatic heterocycles. The molecule has 0 atom stereocenters. The number of hydrogen-bond donors (Lipinski definition) is 8. The number of phenols is 2. The molecule has 0 bridgehead atoms. The molecule has 0 aliphatic rings. The third-order valence-corrected chi connectivity index (χ3v) is 10.9. The number of fused-ring (bicyclic) bond motifs is 2. The first-order chi connectivity index (χ1) is 28.7. The summed E-state index contributed by atoms with van der Waals surface area (Å²) >= 11 is 0. The van der Waals surface area contributed by atoms with Gasteiger partial charge in [-0.15, -0.1) is 15.2 Å². The molecule has 6 aromatic carbocycles. The predicted octanol–water partition coefficient (Wildman–Crippen LogP) is 7.73. The van der Waals surface area contributed by atoms with E-state index >= 15 is 0 Å². The summed E-state index contributed by atoms with van der Waals surface area (Å²) in [5, 5.41) is 67.7. The Morgan fingerprint density at radius 2 is 0.852 bits per heavy atom. The van der Waals surface area contributed by atoms with E-state index in [2.05, 4.69) is 51.0 Å². The molecule has 0 unspecified atom stereocenters. The molecule has 0 spiro atoms. The summed E-state index contributed by atoms with van der Waals surface area (Å²) in [4.78, 5) is 8.40. The van der Waals surface area contributed by atoms with E-state index < -0.39 is 75.0 Å². The van der Waals surface area contributed by atoms with Crippen molar-refractivity contribution in [3.63, 3.8) is 0 Å². The van der Waals surface area contributed by atoms with Crippen molar-refractivity contribution in [1.29, 1.82) is 0 Å². The first-order valence-electron chi connectivity index (χ1n) is 16.6. The summed E-state index contributed by atoms with van der Waals surface area (Å²) in [6, 6.07) is 19.0. The number of aromatic nitrogens is 3. The number of anilines is 2. The van der Waals surface area contributed by atoms with Crippen LogP contribution in [0, 0.1) is 0 Å². The maximum atomic E-state index is 12.5. The molecular weight excluding hydrogens is 865 g/mol. The molecule has 1 heterocycles. The highest BCUT2D eigenvalue weighted by atomic mass is 32.2. The molecule has 0 fully saturated rings. The van der Waals surface area contributed by atoms with Gasteiger partial charge in [0, 0.05) is 16.5 Å². The third-order valence-electron chi connectivity index (χ3n) is 8.31. The van der Waals surface area contributed by atoms with E-state index in [-0.39, 0.29) is 55.1 Å². The summed E-state index contributed by atoms with van der Waals surface area (Å²) < 4.78 is 101. The number of aromatic hydroxyl groups is 4. The van der Waals surface area contributed by atoms with Crippen LogP contribution in [0.15, 0.2) is 142 Å². The minimum atomic E-state index is -5.06. The van der Waals surface area contributed by atoms with Gasteiger partial charge >= 0.3 is 12.0 Å². The SMILES string of the molecule is O=S(=O)(O)c1ccc(N=Nc2ccc(N=Nc3c(S(=O)(=O)O)cc4cc(N=Nc5c(S(=O)(=O)O)cc6cc(Nc7nc(O)nc(O)n7)ccc6c5O)ccc4c3O)cc2)cc1. The normalized spacial score (nSPS) is 12.6. The Bertz CT molecular complexity index is 3330. The van der Waals surface area contributed by atoms with E-state index in [0.717, 1.165) is 24.3 Å². The molecule has 7 rings (SSSR count). The van der Waals surface area contributed by atoms with Crippen LogP contribution >= 0.6 is 0 Å². The Labute approximate surface area is 342 Å². The zero-order chi connectivity index (χ0) is 43.9. The fraction of sp³-hybridized carbons (Fsp3) is 0. The summed E-state index contributed by atoms with van der Waals surface area (Å²) in [6.07, 6.45) is 0. The van der Waals surface area contributed by atoms with Crippen LogP contribution in [-0.2, 0) is 30.4 Å². The molecular formula is C35H24N10O13S3. The molecule has 0 amide bonds. The lowest BCUT2D eigenvalue weighted by Gasteiger charge is -2.11. The lowest BCUT2D eigenvalue weighted by atomic mass is 10.1. The van der Waals surface area contributed by atoms with E-state index in [1.807, 2.05) is 0 Å². The quantitative estimate of drug-likeness (QED) is 0.0454. The maximum absolute atomic E-state index is 12.5. The Hall–Kier alpha value is -7.62. The van der Waals surface area contributed by atoms with Crippen LogP contribution < -0.4 is 5.32 Å². The van der Waals surface area contributed by atoms with Gasteiger partial charge in [0.05, 0.1) is 27.6 Å². The van der Waals surface area contributed by atoms with Gasteiger partial charge < -0.3 is 25.7 Å². The Balaban J connectivity index is 1.16. The summed E-state index contributed by atoms with van der Waals surface area (Å²) in [5.74, 6) is -1.70. The van der Waals surface area contributed by atoms with Gasteiger partial charge in [-0.1, -0.05) is 0 Å². The molecule has 23 nitrogen and oxygen atoms in total. The van der Waals surface area contributed by atoms with Gasteiger partial charge in [0.2, 0.25) is 5.95 Å². The fourth-order valence-corrected chi connectivity index (χ4v) is 7.35. The fourth-order valence-electron chi connectivity index (χ4n) is 5.56. The van der Waals surface area contributed by atoms with Crippen LogP contribution in [0.1, 0.15) is 0 Å². The van der Waals surface area contributed by atoms with Crippen LogP contribution in [0.5, 0.6) is 23.5 Å². The molecule has 26 heteroatoms. The first-order valence-corrected chi connectivity index (χ1v) is 20.9. The number of phenolic OH excluding ortho intramolecular Hbond substituents is 2. The molecule has 1 aromatic heterocycles. The highest BCUT2D eigenvalue weighted by Crippen LogP contribution is 2.44. The average Bonchev–Trinajstić information content (AvgIpc) is 3.18. The lowest BCUT2D eigenvalue weighted by Crippen LogP contribution is -2.00. The highest BCUT2D eigenvalue weighted by Gasteiger charge is 2.24. The smallest absolute Gasteiger partial charge is 0.321 e. The zero-order valence-corrected chi connectivity index (χ0v) is 32.5. The van der Waals surface area contributed by atoms with Crippen molar-refractivity contribution < 1.29 is 59.3 Å². The number of hydrogen-bond acceptors (Lipinski definition) is 20. The van der Waals surface area contributed by atoms with Gasteiger partial charge in [-0.3, -0.25) is 13.7 Å². The van der Waals surface area contributed by atoms with Crippen LogP contribution in [0.25, 0.3) is 21.5 Å². The van der Waals surface area contributed by atoms with Crippen molar-refractivity contribution in [2.24, 2.45) is 30.7 Å². The number of nitrogens with one attached hydrogen (secondary N) is 1. The van der Waals surface area contributed by atoms with Gasteiger partial charge in [-0.05, 0) is 108 Å². The molecule has 0 aliphatic carbocycles. The number of azo groups is 3. The molecule has 8 N–H and O–H groups in total. The van der Waals surface area contributed by atoms with Crippen molar-refractivity contribution >= 4 is 97.7 Å². The van der Waals surface area contributed by atoms with Gasteiger partial charge in [0.1, 0.15) is 21.2 Å². The van der Waals surface area contributed by atoms with Gasteiger partial charge in [0.25, 0.3) is 30.4 Å². The van der Waals surface area contributed by atoms with E-state index in [1.165, 1.54) is 72.8 Å². The lowest BCUT2D eigenvalue weighted by molar-refractivity contribution is 0.384. The van der Waals surface area contributed by atoms with Crippen LogP contribution in [-0.4, -0.2) is 74.3 Å². The van der Waals surface area contributed by atoms with Crippen LogP contribution in [0.3, 0.4) is 0 Å². The molecule has 0 saturated carbocycles. The number of rotatable bonds is 11. The molecule has 7 aromatic rings. The Morgan fingerprint density at radius 3 is 1.33 bits per heavy atom. The molecule has 0 saturated heterocycles. The van der Waals surface area contributed by atoms with Gasteiger partial charge in [-0.2, -0.15) is 55.7 Å². The topological polar surface area (TPSA) is 369 Å². The molecule has 0 radical (unpaired) electrons. The largest absolute Gasteiger partial charge is 0.505 e. The van der Waals surface area contributed by atoms with Gasteiger partial charge in [-0.25, -0.2) is 0 Å². The second-order valence-corrected chi connectivity index (χ2v) is 16.6. The minimum Gasteiger partial charge on any atom is -0.505 e. The van der Waals surface area contributed by atoms with Crippen molar-refractivity contribution in [1.82, 2.24) is 15.0 Å². The van der Waals surface area contributed by atoms with Gasteiger partial charge in [0.15, 0.2) is 11.5 Å². The van der Waals surface area contributed by atoms with E-state index in [9.17, 15) is 54.8 Å². The summed E-state index contributed by atoms with van der Waals surface area (Å²) in [6.45, 7) is 0. The van der Waals surface area contributed by atoms with Crippen LogP contribution in [0.2, 0.25) is 0 Å².